The first kappa shape index (κ1) is 38.2. The molecule has 0 fully saturated rings. The summed E-state index contributed by atoms with van der Waals surface area (Å²) >= 11 is 0. The molecular weight excluding hydrogens is 771 g/mol. The molecule has 0 aliphatic heterocycles. The molecule has 8 aromatic rings. The van der Waals surface area contributed by atoms with Crippen LogP contribution in [0.4, 0.5) is 11.4 Å². The molecule has 0 saturated heterocycles. The molecule has 1 heteroatoms. The summed E-state index contributed by atoms with van der Waals surface area (Å²) in [7, 11) is 0. The van der Waals surface area contributed by atoms with Gasteiger partial charge in [-0.15, -0.1) is 0 Å². The largest absolute Gasteiger partial charge is 0.314 e. The average molecular weight is 820 g/mol. The van der Waals surface area contributed by atoms with Gasteiger partial charge in [0.05, 0.1) is 0 Å². The van der Waals surface area contributed by atoms with E-state index in [1.54, 1.807) is 0 Å². The molecule has 306 valence electrons. The van der Waals surface area contributed by atoms with Gasteiger partial charge in [0.15, 0.2) is 0 Å². The lowest BCUT2D eigenvalue weighted by atomic mass is 9.73. The fraction of sp³-hybridized carbons (Fsp3) is 0.111. The summed E-state index contributed by atoms with van der Waals surface area (Å²) in [5.74, 6) is 0. The molecule has 0 radical (unpaired) electrons. The third kappa shape index (κ3) is 6.63. The summed E-state index contributed by atoms with van der Waals surface area (Å²) < 4.78 is 0. The van der Waals surface area contributed by atoms with Crippen LogP contribution < -0.4 is 4.90 Å². The smallest absolute Gasteiger partial charge is 0.0458 e. The van der Waals surface area contributed by atoms with Gasteiger partial charge in [-0.3, -0.25) is 0 Å². The van der Waals surface area contributed by atoms with Crippen LogP contribution in [0.5, 0.6) is 0 Å². The Kier molecular flexibility index (Phi) is 9.56. The predicted molar refractivity (Wildman–Crippen MR) is 270 cm³/mol. The number of benzene rings is 8. The van der Waals surface area contributed by atoms with Crippen molar-refractivity contribution in [2.75, 3.05) is 4.90 Å². The molecule has 0 saturated carbocycles. The van der Waals surface area contributed by atoms with Crippen molar-refractivity contribution in [2.45, 2.75) is 43.9 Å². The van der Waals surface area contributed by atoms with Crippen LogP contribution in [0.25, 0.3) is 57.2 Å². The van der Waals surface area contributed by atoms with Crippen LogP contribution in [0.2, 0.25) is 0 Å². The van der Waals surface area contributed by atoms with Gasteiger partial charge in [-0.05, 0) is 164 Å². The van der Waals surface area contributed by atoms with Crippen molar-refractivity contribution >= 4 is 35.2 Å². The number of hydrogen-bond donors (Lipinski definition) is 0. The van der Waals surface area contributed by atoms with E-state index >= 15 is 0 Å². The van der Waals surface area contributed by atoms with E-state index in [2.05, 4.69) is 229 Å². The Morgan fingerprint density at radius 2 is 1.05 bits per heavy atom. The summed E-state index contributed by atoms with van der Waals surface area (Å²) in [6, 6.07) is 71.8. The van der Waals surface area contributed by atoms with Crippen molar-refractivity contribution < 1.29 is 0 Å². The van der Waals surface area contributed by atoms with Crippen LogP contribution in [-0.4, -0.2) is 0 Å². The van der Waals surface area contributed by atoms with E-state index in [9.17, 15) is 0 Å². The van der Waals surface area contributed by atoms with Gasteiger partial charge in [-0.2, -0.15) is 0 Å². The van der Waals surface area contributed by atoms with E-state index in [1.807, 2.05) is 0 Å². The maximum Gasteiger partial charge on any atom is 0.0458 e. The van der Waals surface area contributed by atoms with E-state index in [4.69, 9.17) is 0 Å². The molecule has 0 amide bonds. The third-order valence-electron chi connectivity index (χ3n) is 14.2. The average Bonchev–Trinajstić information content (AvgIpc) is 3.89. The second kappa shape index (κ2) is 16.0. The van der Waals surface area contributed by atoms with Gasteiger partial charge < -0.3 is 4.90 Å². The van der Waals surface area contributed by atoms with Crippen molar-refractivity contribution in [3.63, 3.8) is 0 Å². The lowest BCUT2D eigenvalue weighted by molar-refractivity contribution is 0.555. The van der Waals surface area contributed by atoms with Gasteiger partial charge in [0.2, 0.25) is 0 Å². The zero-order valence-corrected chi connectivity index (χ0v) is 36.1. The predicted octanol–water partition coefficient (Wildman–Crippen LogP) is 16.1. The molecule has 0 atom stereocenters. The minimum absolute atomic E-state index is 0.0930. The molecule has 4 aliphatic carbocycles. The maximum absolute atomic E-state index is 2.58. The van der Waals surface area contributed by atoms with Gasteiger partial charge >= 0.3 is 0 Å². The fourth-order valence-corrected chi connectivity index (χ4v) is 11.3. The number of allylic oxidation sites excluding steroid dienone is 5. The third-order valence-corrected chi connectivity index (χ3v) is 14.2. The highest BCUT2D eigenvalue weighted by Crippen LogP contribution is 2.58. The van der Waals surface area contributed by atoms with Gasteiger partial charge in [-0.1, -0.05) is 188 Å². The van der Waals surface area contributed by atoms with Crippen molar-refractivity contribution in [2.24, 2.45) is 0 Å². The van der Waals surface area contributed by atoms with E-state index < -0.39 is 0 Å². The molecule has 0 N–H and O–H groups in total. The number of hydrogen-bond acceptors (Lipinski definition) is 1. The highest BCUT2D eigenvalue weighted by molar-refractivity contribution is 5.95. The number of nitrogens with zero attached hydrogens (tertiary/aromatic N) is 1. The van der Waals surface area contributed by atoms with Crippen LogP contribution in [-0.2, 0) is 24.7 Å². The maximum atomic E-state index is 2.58. The van der Waals surface area contributed by atoms with Crippen LogP contribution >= 0.6 is 0 Å². The van der Waals surface area contributed by atoms with Crippen molar-refractivity contribution in [1.29, 1.82) is 0 Å². The fourth-order valence-electron chi connectivity index (χ4n) is 11.3. The Morgan fingerprint density at radius 3 is 1.72 bits per heavy atom. The first-order chi connectivity index (χ1) is 31.7. The molecule has 0 heterocycles. The molecular formula is C63H49N. The van der Waals surface area contributed by atoms with Gasteiger partial charge in [0.25, 0.3) is 0 Å². The minimum Gasteiger partial charge on any atom is -0.314 e. The molecule has 64 heavy (non-hydrogen) atoms. The van der Waals surface area contributed by atoms with Crippen molar-refractivity contribution in [3.8, 4) is 33.4 Å². The Hall–Kier alpha value is -7.48. The molecule has 0 bridgehead atoms. The minimum atomic E-state index is -0.0930. The highest BCUT2D eigenvalue weighted by Gasteiger charge is 2.49. The quantitative estimate of drug-likeness (QED) is 0.138. The second-order valence-corrected chi connectivity index (χ2v) is 17.9. The molecule has 4 aliphatic rings. The SMILES string of the molecule is C1=Cc2c(-c3ccccc3)cc(-c3ccc(/C=C/c4ccc5c(c4)C4(Cc6ccccc6C4)C4=C5CCC(N(c5ccccc5)c5ccccc5)=C4)cc3)c(-c3ccccc3)c2CC1. The van der Waals surface area contributed by atoms with E-state index in [0.29, 0.717) is 0 Å². The first-order valence-corrected chi connectivity index (χ1v) is 23.0. The van der Waals surface area contributed by atoms with Gasteiger partial charge in [0, 0.05) is 22.5 Å². The number of fused-ring (bicyclic) bond motifs is 6. The zero-order chi connectivity index (χ0) is 42.5. The molecule has 0 aromatic heterocycles. The summed E-state index contributed by atoms with van der Waals surface area (Å²) in [6.07, 6.45) is 18.1. The van der Waals surface area contributed by atoms with Gasteiger partial charge in [-0.25, -0.2) is 0 Å². The lowest BCUT2D eigenvalue weighted by Gasteiger charge is -2.34. The summed E-state index contributed by atoms with van der Waals surface area (Å²) in [5.41, 5.74) is 25.6. The zero-order valence-electron chi connectivity index (χ0n) is 36.1. The monoisotopic (exact) mass is 819 g/mol. The van der Waals surface area contributed by atoms with Crippen LogP contribution in [0.1, 0.15) is 63.8 Å². The van der Waals surface area contributed by atoms with E-state index in [0.717, 1.165) is 38.5 Å². The van der Waals surface area contributed by atoms with E-state index in [-0.39, 0.29) is 5.41 Å². The molecule has 1 nitrogen and oxygen atoms in total. The molecule has 0 unspecified atom stereocenters. The summed E-state index contributed by atoms with van der Waals surface area (Å²) in [5, 5.41) is 0. The number of rotatable bonds is 8. The van der Waals surface area contributed by atoms with E-state index in [1.165, 1.54) is 106 Å². The van der Waals surface area contributed by atoms with Crippen molar-refractivity contribution in [1.82, 2.24) is 0 Å². The first-order valence-electron chi connectivity index (χ1n) is 23.0. The Bertz CT molecular complexity index is 3100. The molecule has 12 rings (SSSR count). The normalized spacial score (nSPS) is 15.5. The number of para-hydroxylation sites is 2. The Morgan fingerprint density at radius 1 is 0.469 bits per heavy atom. The van der Waals surface area contributed by atoms with Crippen LogP contribution in [0.3, 0.4) is 0 Å². The Labute approximate surface area is 377 Å². The standard InChI is InChI=1S/C63H49N/c1-5-17-46(18-6-1)58-41-59(62(48-19-7-2-8-20-48)57-28-16-15-27-54(57)58)47-34-31-44(32-35-47)29-30-45-33-37-55-56-38-36-53(64(51-23-9-3-10-24-51)52-25-11-4-12-26-52)40-61(56)63(60(55)39-45)42-49-21-13-14-22-50(49)43-63/h1-15,17-27,29-35,37,39-41H,16,28,36,38,42-43H2/b30-29+. The summed E-state index contributed by atoms with van der Waals surface area (Å²) in [6.45, 7) is 0. The van der Waals surface area contributed by atoms with Crippen LogP contribution in [0.15, 0.2) is 218 Å². The van der Waals surface area contributed by atoms with Crippen LogP contribution in [0, 0.1) is 0 Å². The highest BCUT2D eigenvalue weighted by atomic mass is 15.1. The lowest BCUT2D eigenvalue weighted by Crippen LogP contribution is -2.28. The molecule has 1 spiro atoms. The van der Waals surface area contributed by atoms with Crippen molar-refractivity contribution in [3.05, 3.63) is 262 Å². The number of anilines is 2. The summed E-state index contributed by atoms with van der Waals surface area (Å²) in [4.78, 5) is 2.48. The molecule has 8 aromatic carbocycles. The topological polar surface area (TPSA) is 3.24 Å². The van der Waals surface area contributed by atoms with Gasteiger partial charge in [0.1, 0.15) is 0 Å². The second-order valence-electron chi connectivity index (χ2n) is 17.9. The Balaban J connectivity index is 0.902.